The van der Waals surface area contributed by atoms with Crippen LogP contribution in [0.25, 0.3) is 0 Å². The van der Waals surface area contributed by atoms with Crippen LogP contribution in [0.3, 0.4) is 0 Å². The number of hydrogen-bond donors (Lipinski definition) is 1. The third-order valence-electron chi connectivity index (χ3n) is 4.40. The molecule has 1 atom stereocenters. The van der Waals surface area contributed by atoms with Crippen molar-refractivity contribution in [1.82, 2.24) is 10.2 Å². The van der Waals surface area contributed by atoms with Gasteiger partial charge in [0.05, 0.1) is 0 Å². The molecule has 1 heterocycles. The molecule has 1 fully saturated rings. The molecule has 0 amide bonds. The van der Waals surface area contributed by atoms with E-state index < -0.39 is 0 Å². The van der Waals surface area contributed by atoms with Gasteiger partial charge in [-0.05, 0) is 44.6 Å². The maximum atomic E-state index is 3.62. The van der Waals surface area contributed by atoms with Crippen molar-refractivity contribution in [2.45, 2.75) is 65.5 Å². The lowest BCUT2D eigenvalue weighted by atomic mass is 9.83. The van der Waals surface area contributed by atoms with E-state index in [0.717, 1.165) is 12.6 Å². The summed E-state index contributed by atoms with van der Waals surface area (Å²) in [6.45, 7) is 13.0. The Balaban J connectivity index is 1.72. The topological polar surface area (TPSA) is 15.3 Å². The van der Waals surface area contributed by atoms with Gasteiger partial charge >= 0.3 is 0 Å². The van der Waals surface area contributed by atoms with Crippen LogP contribution in [-0.2, 0) is 0 Å². The summed E-state index contributed by atoms with van der Waals surface area (Å²) in [5.74, 6) is 0. The van der Waals surface area contributed by atoms with Crippen LogP contribution < -0.4 is 5.32 Å². The quantitative estimate of drug-likeness (QED) is 0.754. The molecule has 1 unspecified atom stereocenters. The van der Waals surface area contributed by atoms with Gasteiger partial charge in [-0.2, -0.15) is 0 Å². The van der Waals surface area contributed by atoms with Crippen molar-refractivity contribution in [3.05, 3.63) is 11.6 Å². The number of rotatable bonds is 5. The lowest BCUT2D eigenvalue weighted by molar-refractivity contribution is 0.206. The van der Waals surface area contributed by atoms with Gasteiger partial charge in [0.25, 0.3) is 0 Å². The van der Waals surface area contributed by atoms with Crippen molar-refractivity contribution in [1.29, 1.82) is 0 Å². The van der Waals surface area contributed by atoms with E-state index in [4.69, 9.17) is 0 Å². The fourth-order valence-corrected chi connectivity index (χ4v) is 2.73. The van der Waals surface area contributed by atoms with Gasteiger partial charge in [-0.15, -0.1) is 0 Å². The van der Waals surface area contributed by atoms with Gasteiger partial charge in [0.1, 0.15) is 0 Å². The average Bonchev–Trinajstić information content (AvgIpc) is 3.12. The lowest BCUT2D eigenvalue weighted by Crippen LogP contribution is -2.39. The molecule has 18 heavy (non-hydrogen) atoms. The van der Waals surface area contributed by atoms with E-state index in [0.29, 0.717) is 11.5 Å². The highest BCUT2D eigenvalue weighted by molar-refractivity contribution is 5.14. The summed E-state index contributed by atoms with van der Waals surface area (Å²) in [6, 6.07) is 1.57. The first-order chi connectivity index (χ1) is 8.47. The highest BCUT2D eigenvalue weighted by Gasteiger charge is 2.24. The van der Waals surface area contributed by atoms with Crippen LogP contribution in [0.2, 0.25) is 0 Å². The predicted molar refractivity (Wildman–Crippen MR) is 78.8 cm³/mol. The Bertz CT molecular complexity index is 297. The molecule has 2 aliphatic rings. The number of nitrogens with zero attached hydrogens (tertiary/aromatic N) is 1. The summed E-state index contributed by atoms with van der Waals surface area (Å²) >= 11 is 0. The highest BCUT2D eigenvalue weighted by atomic mass is 15.2. The normalized spacial score (nSPS) is 23.9. The fourth-order valence-electron chi connectivity index (χ4n) is 2.73. The van der Waals surface area contributed by atoms with E-state index in [1.165, 1.54) is 38.8 Å². The Kier molecular flexibility index (Phi) is 4.50. The Morgan fingerprint density at radius 1 is 1.39 bits per heavy atom. The third kappa shape index (κ3) is 4.10. The molecular weight excluding hydrogens is 220 g/mol. The smallest absolute Gasteiger partial charge is 0.0168 e. The van der Waals surface area contributed by atoms with Crippen molar-refractivity contribution < 1.29 is 0 Å². The number of hydrogen-bond acceptors (Lipinski definition) is 2. The highest BCUT2D eigenvalue weighted by Crippen LogP contribution is 2.30. The summed E-state index contributed by atoms with van der Waals surface area (Å²) in [7, 11) is 0. The maximum absolute atomic E-state index is 3.62. The second-order valence-corrected chi connectivity index (χ2v) is 7.09. The zero-order chi connectivity index (χ0) is 13.2. The summed E-state index contributed by atoms with van der Waals surface area (Å²) in [6.07, 6.45) is 7.80. The fraction of sp³-hybridized carbons (Fsp3) is 0.875. The van der Waals surface area contributed by atoms with Gasteiger partial charge in [-0.1, -0.05) is 32.4 Å². The molecule has 1 aliphatic heterocycles. The minimum absolute atomic E-state index is 0.364. The molecule has 1 N–H and O–H groups in total. The summed E-state index contributed by atoms with van der Waals surface area (Å²) in [5.41, 5.74) is 2.00. The summed E-state index contributed by atoms with van der Waals surface area (Å²) in [5, 5.41) is 3.62. The van der Waals surface area contributed by atoms with E-state index in [-0.39, 0.29) is 0 Å². The minimum atomic E-state index is 0.364. The Labute approximate surface area is 113 Å². The largest absolute Gasteiger partial charge is 0.314 e. The third-order valence-corrected chi connectivity index (χ3v) is 4.40. The molecule has 104 valence electrons. The van der Waals surface area contributed by atoms with Crippen LogP contribution in [0.4, 0.5) is 0 Å². The second-order valence-electron chi connectivity index (χ2n) is 7.09. The Morgan fingerprint density at radius 2 is 2.11 bits per heavy atom. The minimum Gasteiger partial charge on any atom is -0.314 e. The van der Waals surface area contributed by atoms with Gasteiger partial charge in [0.2, 0.25) is 0 Å². The van der Waals surface area contributed by atoms with E-state index in [9.17, 15) is 0 Å². The molecule has 0 bridgehead atoms. The molecule has 0 spiro atoms. The van der Waals surface area contributed by atoms with Crippen molar-refractivity contribution in [3.8, 4) is 0 Å². The van der Waals surface area contributed by atoms with Crippen LogP contribution in [0.5, 0.6) is 0 Å². The van der Waals surface area contributed by atoms with Gasteiger partial charge in [0, 0.05) is 25.2 Å². The van der Waals surface area contributed by atoms with Crippen LogP contribution in [0.1, 0.15) is 53.4 Å². The first kappa shape index (κ1) is 14.1. The van der Waals surface area contributed by atoms with Crippen LogP contribution in [-0.4, -0.2) is 36.6 Å². The maximum Gasteiger partial charge on any atom is 0.0168 e. The molecule has 2 heteroatoms. The molecular formula is C16H30N2. The van der Waals surface area contributed by atoms with Crippen LogP contribution in [0.15, 0.2) is 11.6 Å². The molecule has 0 saturated heterocycles. The van der Waals surface area contributed by atoms with Gasteiger partial charge < -0.3 is 5.32 Å². The number of nitrogens with one attached hydrogen (secondary N) is 1. The first-order valence-electron chi connectivity index (χ1n) is 7.64. The standard InChI is InChI=1S/C16H30N2/c1-13(7-10-17-15-5-6-15)18-11-8-14(9-12-18)16(2,3)4/h8,13,15,17H,5-7,9-12H2,1-4H3. The molecule has 0 aromatic heterocycles. The van der Waals surface area contributed by atoms with E-state index in [1.54, 1.807) is 5.57 Å². The van der Waals surface area contributed by atoms with Crippen molar-refractivity contribution in [2.24, 2.45) is 5.41 Å². The monoisotopic (exact) mass is 250 g/mol. The molecule has 0 aromatic carbocycles. The van der Waals surface area contributed by atoms with Gasteiger partial charge in [-0.25, -0.2) is 0 Å². The van der Waals surface area contributed by atoms with Crippen molar-refractivity contribution in [3.63, 3.8) is 0 Å². The predicted octanol–water partition coefficient (Wildman–Crippen LogP) is 3.20. The average molecular weight is 250 g/mol. The molecule has 2 rings (SSSR count). The molecule has 1 aliphatic carbocycles. The summed E-state index contributed by atoms with van der Waals surface area (Å²) < 4.78 is 0. The summed E-state index contributed by atoms with van der Waals surface area (Å²) in [4.78, 5) is 2.63. The molecule has 0 radical (unpaired) electrons. The Hall–Kier alpha value is -0.340. The van der Waals surface area contributed by atoms with E-state index >= 15 is 0 Å². The SMILES string of the molecule is CC(CCNC1CC1)N1CC=C(C(C)(C)C)CC1. The van der Waals surface area contributed by atoms with E-state index in [2.05, 4.69) is 44.0 Å². The van der Waals surface area contributed by atoms with Crippen LogP contribution in [0, 0.1) is 5.41 Å². The molecule has 2 nitrogen and oxygen atoms in total. The van der Waals surface area contributed by atoms with Crippen molar-refractivity contribution >= 4 is 0 Å². The molecule has 1 saturated carbocycles. The zero-order valence-electron chi connectivity index (χ0n) is 12.6. The van der Waals surface area contributed by atoms with E-state index in [1.807, 2.05) is 0 Å². The van der Waals surface area contributed by atoms with Crippen LogP contribution >= 0.6 is 0 Å². The Morgan fingerprint density at radius 3 is 2.61 bits per heavy atom. The van der Waals surface area contributed by atoms with Gasteiger partial charge in [-0.3, -0.25) is 4.90 Å². The van der Waals surface area contributed by atoms with Gasteiger partial charge in [0.15, 0.2) is 0 Å². The second kappa shape index (κ2) is 5.75. The molecule has 0 aromatic rings. The zero-order valence-corrected chi connectivity index (χ0v) is 12.6. The first-order valence-corrected chi connectivity index (χ1v) is 7.64. The lowest BCUT2D eigenvalue weighted by Gasteiger charge is -2.35. The van der Waals surface area contributed by atoms with Crippen molar-refractivity contribution in [2.75, 3.05) is 19.6 Å².